The lowest BCUT2D eigenvalue weighted by atomic mass is 9.56. The molecule has 226 valence electrons. The third-order valence-corrected chi connectivity index (χ3v) is 8.50. The Morgan fingerprint density at radius 1 is 0.977 bits per heavy atom. The molecule has 2 amide bonds. The molecule has 0 heterocycles. The zero-order valence-corrected chi connectivity index (χ0v) is 23.7. The fourth-order valence-electron chi connectivity index (χ4n) is 6.60. The van der Waals surface area contributed by atoms with Crippen molar-refractivity contribution >= 4 is 35.0 Å². The molecule has 7 N–H and O–H groups in total. The first-order chi connectivity index (χ1) is 20.3. The fourth-order valence-corrected chi connectivity index (χ4v) is 6.60. The maximum Gasteiger partial charge on any atom is 0.417 e. The summed E-state index contributed by atoms with van der Waals surface area (Å²) in [6.45, 7) is 1.68. The third-order valence-electron chi connectivity index (χ3n) is 8.50. The van der Waals surface area contributed by atoms with Crippen LogP contribution >= 0.6 is 0 Å². The van der Waals surface area contributed by atoms with Gasteiger partial charge in [0, 0.05) is 17.4 Å². The van der Waals surface area contributed by atoms with Crippen molar-refractivity contribution in [3.63, 3.8) is 0 Å². The van der Waals surface area contributed by atoms with Crippen LogP contribution in [-0.4, -0.2) is 82.2 Å². The Morgan fingerprint density at radius 2 is 1.60 bits per heavy atom. The standard InChI is InChI=1S/C30H31N3O10/c1-11-14-9-10-15(32-30(41)43-13-7-5-12(42-4)6-8-13)23(34)17(14)25(36)19-16(11)24(35)18-20(26(19)37)27(38)21(29(31)40)28(39)22(18)33(2)3/h5-11,16,18,20,22,24,34-36,39H,1-4H3,(H2,31,40)(H,32,41)/t11-,16?,18?,20?,22-,24-/m0/s1. The number of nitrogens with zero attached hydrogens (tertiary/aromatic N) is 1. The zero-order chi connectivity index (χ0) is 31.5. The number of rotatable bonds is 5. The van der Waals surface area contributed by atoms with Crippen LogP contribution in [0.5, 0.6) is 17.2 Å². The van der Waals surface area contributed by atoms with Gasteiger partial charge in [-0.1, -0.05) is 13.0 Å². The van der Waals surface area contributed by atoms with E-state index in [9.17, 15) is 39.6 Å². The summed E-state index contributed by atoms with van der Waals surface area (Å²) in [5.74, 6) is -8.79. The number of ether oxygens (including phenoxy) is 2. The molecule has 2 aromatic rings. The van der Waals surface area contributed by atoms with E-state index < -0.39 is 82.2 Å². The molecular formula is C30H31N3O10. The Balaban J connectivity index is 1.55. The van der Waals surface area contributed by atoms with Gasteiger partial charge >= 0.3 is 6.09 Å². The highest BCUT2D eigenvalue weighted by molar-refractivity contribution is 6.28. The van der Waals surface area contributed by atoms with E-state index in [4.69, 9.17) is 15.2 Å². The number of carbonyl (C=O) groups excluding carboxylic acids is 4. The number of aliphatic hydroxyl groups is 3. The number of anilines is 1. The van der Waals surface area contributed by atoms with Crippen LogP contribution in [0.4, 0.5) is 10.5 Å². The van der Waals surface area contributed by atoms with Gasteiger partial charge in [0.2, 0.25) is 0 Å². The maximum atomic E-state index is 14.0. The summed E-state index contributed by atoms with van der Waals surface area (Å²) in [6.07, 6.45) is -2.38. The highest BCUT2D eigenvalue weighted by Gasteiger charge is 2.60. The second-order valence-electron chi connectivity index (χ2n) is 11.0. The van der Waals surface area contributed by atoms with E-state index in [-0.39, 0.29) is 22.6 Å². The number of amides is 2. The number of phenols is 1. The number of hydrogen-bond donors (Lipinski definition) is 6. The summed E-state index contributed by atoms with van der Waals surface area (Å²) in [7, 11) is 4.60. The summed E-state index contributed by atoms with van der Waals surface area (Å²) in [5.41, 5.74) is 4.39. The number of primary amides is 1. The number of Topliss-reactive ketones (excluding diaryl/α,β-unsaturated/α-hetero) is 2. The van der Waals surface area contributed by atoms with E-state index in [1.807, 2.05) is 0 Å². The second kappa shape index (κ2) is 10.7. The van der Waals surface area contributed by atoms with E-state index >= 15 is 0 Å². The predicted molar refractivity (Wildman–Crippen MR) is 152 cm³/mol. The summed E-state index contributed by atoms with van der Waals surface area (Å²) < 4.78 is 10.3. The van der Waals surface area contributed by atoms with Crippen molar-refractivity contribution in [1.82, 2.24) is 4.90 Å². The van der Waals surface area contributed by atoms with Crippen LogP contribution in [0.3, 0.4) is 0 Å². The van der Waals surface area contributed by atoms with Gasteiger partial charge in [0.25, 0.3) is 5.91 Å². The van der Waals surface area contributed by atoms with Crippen molar-refractivity contribution in [3.05, 3.63) is 64.4 Å². The van der Waals surface area contributed by atoms with Crippen LogP contribution in [0.25, 0.3) is 5.76 Å². The van der Waals surface area contributed by atoms with Gasteiger partial charge in [-0.25, -0.2) is 4.79 Å². The zero-order valence-electron chi connectivity index (χ0n) is 23.7. The molecular weight excluding hydrogens is 562 g/mol. The van der Waals surface area contributed by atoms with Gasteiger partial charge in [0.1, 0.15) is 34.3 Å². The number of phenolic OH excluding ortho intramolecular Hbond substituents is 1. The number of nitrogens with two attached hydrogens (primary N) is 1. The van der Waals surface area contributed by atoms with Gasteiger partial charge in [-0.2, -0.15) is 0 Å². The molecule has 13 nitrogen and oxygen atoms in total. The van der Waals surface area contributed by atoms with Crippen LogP contribution in [0, 0.1) is 17.8 Å². The van der Waals surface area contributed by atoms with Crippen molar-refractivity contribution in [2.45, 2.75) is 25.0 Å². The number of ketones is 2. The largest absolute Gasteiger partial charge is 0.510 e. The first kappa shape index (κ1) is 29.6. The number of methoxy groups -OCH3 is 1. The molecule has 1 saturated carbocycles. The smallest absolute Gasteiger partial charge is 0.417 e. The average Bonchev–Trinajstić information content (AvgIpc) is 2.94. The van der Waals surface area contributed by atoms with E-state index in [0.717, 1.165) is 0 Å². The molecule has 0 saturated heterocycles. The summed E-state index contributed by atoms with van der Waals surface area (Å²) in [5, 5.41) is 47.5. The van der Waals surface area contributed by atoms with Gasteiger partial charge in [0.15, 0.2) is 11.6 Å². The van der Waals surface area contributed by atoms with Crippen molar-refractivity contribution in [1.29, 1.82) is 0 Å². The van der Waals surface area contributed by atoms with Gasteiger partial charge in [0.05, 0.1) is 36.4 Å². The molecule has 5 rings (SSSR count). The molecule has 0 aromatic heterocycles. The fraction of sp³-hybridized carbons (Fsp3) is 0.333. The van der Waals surface area contributed by atoms with Crippen LogP contribution in [0.15, 0.2) is 53.3 Å². The lowest BCUT2D eigenvalue weighted by Gasteiger charge is -2.50. The number of carbonyl (C=O) groups is 4. The number of hydrogen-bond acceptors (Lipinski definition) is 11. The Bertz CT molecular complexity index is 1610. The van der Waals surface area contributed by atoms with Crippen molar-refractivity contribution in [2.75, 3.05) is 26.5 Å². The minimum absolute atomic E-state index is 0.137. The molecule has 0 aliphatic heterocycles. The Hall–Kier alpha value is -4.88. The molecule has 0 spiro atoms. The molecule has 3 aliphatic carbocycles. The van der Waals surface area contributed by atoms with Crippen LogP contribution < -0.4 is 20.5 Å². The van der Waals surface area contributed by atoms with E-state index in [0.29, 0.717) is 11.3 Å². The number of nitrogens with one attached hydrogen (secondary N) is 1. The minimum Gasteiger partial charge on any atom is -0.510 e. The molecule has 13 heteroatoms. The minimum atomic E-state index is -1.63. The SMILES string of the molecule is COc1ccc(OC(=O)Nc2ccc3c(c2O)C(O)=C2C(=O)C4C(=O)C(C(N)=O)=C(O)[C@@H](N(C)C)C4[C@@H](O)C2[C@H]3C)cc1. The molecule has 1 fully saturated rings. The lowest BCUT2D eigenvalue weighted by Crippen LogP contribution is -2.61. The van der Waals surface area contributed by atoms with Crippen molar-refractivity contribution in [3.8, 4) is 17.2 Å². The third kappa shape index (κ3) is 4.57. The molecule has 0 bridgehead atoms. The highest BCUT2D eigenvalue weighted by Crippen LogP contribution is 2.55. The Kier molecular flexibility index (Phi) is 7.40. The summed E-state index contributed by atoms with van der Waals surface area (Å²) >= 11 is 0. The monoisotopic (exact) mass is 593 g/mol. The van der Waals surface area contributed by atoms with Crippen LogP contribution in [-0.2, 0) is 14.4 Å². The molecule has 0 radical (unpaired) electrons. The van der Waals surface area contributed by atoms with E-state index in [2.05, 4.69) is 5.32 Å². The number of aromatic hydroxyl groups is 1. The van der Waals surface area contributed by atoms with Gasteiger partial charge in [-0.05, 0) is 55.9 Å². The number of fused-ring (bicyclic) bond motifs is 3. The average molecular weight is 594 g/mol. The van der Waals surface area contributed by atoms with Gasteiger partial charge < -0.3 is 35.6 Å². The molecule has 43 heavy (non-hydrogen) atoms. The highest BCUT2D eigenvalue weighted by atomic mass is 16.6. The first-order valence-corrected chi connectivity index (χ1v) is 13.4. The first-order valence-electron chi connectivity index (χ1n) is 13.4. The topological polar surface area (TPSA) is 209 Å². The summed E-state index contributed by atoms with van der Waals surface area (Å²) in [6, 6.07) is 7.99. The normalized spacial score (nSPS) is 26.5. The number of aliphatic hydroxyl groups excluding tert-OH is 3. The van der Waals surface area contributed by atoms with Crippen LogP contribution in [0.1, 0.15) is 24.0 Å². The van der Waals surface area contributed by atoms with Crippen molar-refractivity contribution in [2.24, 2.45) is 23.5 Å². The maximum absolute atomic E-state index is 14.0. The van der Waals surface area contributed by atoms with Gasteiger partial charge in [-0.15, -0.1) is 0 Å². The molecule has 2 aromatic carbocycles. The Labute approximate surface area is 245 Å². The molecule has 3 unspecified atom stereocenters. The lowest BCUT2D eigenvalue weighted by molar-refractivity contribution is -0.143. The van der Waals surface area contributed by atoms with Crippen LogP contribution in [0.2, 0.25) is 0 Å². The van der Waals surface area contributed by atoms with Gasteiger partial charge in [-0.3, -0.25) is 24.6 Å². The number of benzene rings is 2. The second-order valence-corrected chi connectivity index (χ2v) is 11.0. The number of likely N-dealkylation sites (N-methyl/N-ethyl adjacent to an activating group) is 1. The van der Waals surface area contributed by atoms with E-state index in [1.165, 1.54) is 36.3 Å². The molecule has 6 atom stereocenters. The quantitative estimate of drug-likeness (QED) is 0.168. The molecule has 3 aliphatic rings. The Morgan fingerprint density at radius 3 is 2.19 bits per heavy atom. The predicted octanol–water partition coefficient (Wildman–Crippen LogP) is 2.00. The van der Waals surface area contributed by atoms with Crippen molar-refractivity contribution < 1.29 is 49.1 Å². The van der Waals surface area contributed by atoms with E-state index in [1.54, 1.807) is 33.2 Å². The summed E-state index contributed by atoms with van der Waals surface area (Å²) in [4.78, 5) is 53.5.